The van der Waals surface area contributed by atoms with Crippen LogP contribution in [-0.2, 0) is 0 Å². The summed E-state index contributed by atoms with van der Waals surface area (Å²) in [7, 11) is 0.400. The molecule has 1 radical (unpaired) electrons. The number of carbonyl (C=O) groups is 1. The molecule has 0 aliphatic rings. The third-order valence-electron chi connectivity index (χ3n) is 3.74. The average molecular weight is 299 g/mol. The maximum absolute atomic E-state index is 12.5. The van der Waals surface area contributed by atoms with E-state index in [4.69, 9.17) is 0 Å². The Morgan fingerprint density at radius 1 is 1.14 bits per heavy atom. The van der Waals surface area contributed by atoms with Gasteiger partial charge in [-0.1, -0.05) is 39.8 Å². The molecule has 0 heterocycles. The number of hydrogen-bond acceptors (Lipinski definition) is 1. The predicted octanol–water partition coefficient (Wildman–Crippen LogP) is 5.12. The average Bonchev–Trinajstić information content (AvgIpc) is 2.30. The second-order valence-corrected chi connectivity index (χ2v) is 8.50. The number of hydrogen-bond donors (Lipinski definition) is 0. The van der Waals surface area contributed by atoms with Crippen molar-refractivity contribution in [1.29, 1.82) is 0 Å². The van der Waals surface area contributed by atoms with Crippen molar-refractivity contribution < 1.29 is 4.79 Å². The van der Waals surface area contributed by atoms with Crippen LogP contribution < -0.4 is 0 Å². The molecule has 0 aromatic heterocycles. The van der Waals surface area contributed by atoms with Crippen molar-refractivity contribution in [3.05, 3.63) is 34.4 Å². The fraction of sp³-hybridized carbons (Fsp3) is 0.611. The van der Waals surface area contributed by atoms with E-state index in [-0.39, 0.29) is 18.9 Å². The summed E-state index contributed by atoms with van der Waals surface area (Å²) in [5, 5.41) is 0. The molecular weight excluding hydrogens is 270 g/mol. The number of rotatable bonds is 5. The van der Waals surface area contributed by atoms with E-state index in [1.165, 1.54) is 12.0 Å². The van der Waals surface area contributed by atoms with Crippen molar-refractivity contribution in [2.75, 3.05) is 6.16 Å². The van der Waals surface area contributed by atoms with Crippen LogP contribution in [0.2, 0.25) is 0 Å². The van der Waals surface area contributed by atoms with Crippen LogP contribution in [0.3, 0.4) is 0 Å². The first-order chi connectivity index (χ1) is 9.11. The molecule has 0 aliphatic carbocycles. The van der Waals surface area contributed by atoms with Gasteiger partial charge in [0.15, 0.2) is 5.52 Å². The smallest absolute Gasteiger partial charge is 0.181 e. The van der Waals surface area contributed by atoms with Gasteiger partial charge in [-0.2, -0.15) is 0 Å². The molecule has 1 rings (SSSR count). The Labute approximate surface area is 144 Å². The first kappa shape index (κ1) is 20.9. The zero-order chi connectivity index (χ0) is 15.5. The predicted molar refractivity (Wildman–Crippen MR) is 97.2 cm³/mol. The van der Waals surface area contributed by atoms with E-state index in [9.17, 15) is 4.79 Å². The summed E-state index contributed by atoms with van der Waals surface area (Å²) in [6, 6.07) is 4.17. The third-order valence-corrected chi connectivity index (χ3v) is 5.22. The molecule has 1 aromatic rings. The molecule has 0 saturated carbocycles. The molecule has 0 N–H and O–H groups in total. The minimum Gasteiger partial charge on any atom is -0.289 e. The summed E-state index contributed by atoms with van der Waals surface area (Å²) in [4.78, 5) is 12.5. The van der Waals surface area contributed by atoms with E-state index in [0.717, 1.165) is 22.9 Å². The van der Waals surface area contributed by atoms with Crippen LogP contribution in [0.25, 0.3) is 0 Å². The van der Waals surface area contributed by atoms with Crippen LogP contribution in [0.5, 0.6) is 0 Å². The van der Waals surface area contributed by atoms with Gasteiger partial charge < -0.3 is 0 Å². The summed E-state index contributed by atoms with van der Waals surface area (Å²) >= 11 is 0. The molecule has 2 atom stereocenters. The van der Waals surface area contributed by atoms with E-state index in [0.29, 0.717) is 25.4 Å². The van der Waals surface area contributed by atoms with Crippen LogP contribution in [0.1, 0.15) is 61.2 Å². The van der Waals surface area contributed by atoms with Gasteiger partial charge in [-0.15, -0.1) is 0 Å². The SMILES string of the molecule is Cc1ccc(C)c(C(=O)PCC(C)CC(C)(C)C)c1C.[Li]. The molecule has 0 aliphatic heterocycles. The topological polar surface area (TPSA) is 17.1 Å². The number of benzene rings is 1. The molecule has 0 saturated heterocycles. The van der Waals surface area contributed by atoms with Crippen LogP contribution >= 0.6 is 8.58 Å². The van der Waals surface area contributed by atoms with E-state index >= 15 is 0 Å². The molecule has 1 nitrogen and oxygen atoms in total. The van der Waals surface area contributed by atoms with Crippen molar-refractivity contribution in [2.45, 2.75) is 54.9 Å². The number of carbonyl (C=O) groups excluding carboxylic acids is 1. The Morgan fingerprint density at radius 3 is 2.19 bits per heavy atom. The Balaban J connectivity index is 0.00000400. The molecule has 21 heavy (non-hydrogen) atoms. The summed E-state index contributed by atoms with van der Waals surface area (Å²) in [6.07, 6.45) is 2.20. The zero-order valence-electron chi connectivity index (χ0n) is 15.1. The minimum absolute atomic E-state index is 0. The van der Waals surface area contributed by atoms with Crippen molar-refractivity contribution in [3.8, 4) is 0 Å². The molecule has 3 heteroatoms. The summed E-state index contributed by atoms with van der Waals surface area (Å²) in [5.41, 5.74) is 5.14. The van der Waals surface area contributed by atoms with Crippen LogP contribution in [0.4, 0.5) is 0 Å². The van der Waals surface area contributed by atoms with Crippen LogP contribution in [0.15, 0.2) is 12.1 Å². The largest absolute Gasteiger partial charge is 0.289 e. The fourth-order valence-corrected chi connectivity index (χ4v) is 4.01. The standard InChI is InChI=1S/C18H29OP.Li/c1-12(10-18(5,6)7)11-20-17(19)16-14(3)9-8-13(2)15(16)4;/h8-9,12,20H,10-11H2,1-7H3;. The van der Waals surface area contributed by atoms with E-state index in [2.05, 4.69) is 53.7 Å². The summed E-state index contributed by atoms with van der Waals surface area (Å²) in [6.45, 7) is 15.3. The van der Waals surface area contributed by atoms with Gasteiger partial charge in [0, 0.05) is 24.4 Å². The maximum Gasteiger partial charge on any atom is 0.181 e. The zero-order valence-corrected chi connectivity index (χ0v) is 16.1. The molecule has 1 aromatic carbocycles. The van der Waals surface area contributed by atoms with Gasteiger partial charge in [0.2, 0.25) is 0 Å². The molecule has 0 spiro atoms. The second kappa shape index (κ2) is 8.52. The Hall–Kier alpha value is -0.0826. The van der Waals surface area contributed by atoms with Crippen LogP contribution in [0, 0.1) is 32.1 Å². The second-order valence-electron chi connectivity index (χ2n) is 7.28. The molecule has 2 unspecified atom stereocenters. The van der Waals surface area contributed by atoms with Gasteiger partial charge in [0.25, 0.3) is 0 Å². The molecule has 0 amide bonds. The van der Waals surface area contributed by atoms with Crippen molar-refractivity contribution in [2.24, 2.45) is 11.3 Å². The van der Waals surface area contributed by atoms with E-state index in [1.54, 1.807) is 0 Å². The first-order valence-corrected chi connectivity index (χ1v) is 8.67. The van der Waals surface area contributed by atoms with Gasteiger partial charge >= 0.3 is 0 Å². The summed E-state index contributed by atoms with van der Waals surface area (Å²) in [5.74, 6) is 0.614. The van der Waals surface area contributed by atoms with Gasteiger partial charge in [-0.05, 0) is 70.0 Å². The van der Waals surface area contributed by atoms with Gasteiger partial charge in [-0.3, -0.25) is 4.79 Å². The first-order valence-electron chi connectivity index (χ1n) is 7.47. The Morgan fingerprint density at radius 2 is 1.67 bits per heavy atom. The van der Waals surface area contributed by atoms with Crippen molar-refractivity contribution in [3.63, 3.8) is 0 Å². The van der Waals surface area contributed by atoms with Gasteiger partial charge in [0.1, 0.15) is 0 Å². The maximum atomic E-state index is 12.5. The summed E-state index contributed by atoms with van der Waals surface area (Å²) < 4.78 is 0. The van der Waals surface area contributed by atoms with Crippen molar-refractivity contribution >= 4 is 33.0 Å². The van der Waals surface area contributed by atoms with Gasteiger partial charge in [-0.25, -0.2) is 0 Å². The number of aryl methyl sites for hydroxylation is 2. The minimum atomic E-state index is 0. The normalized spacial score (nSPS) is 13.3. The molecule has 113 valence electrons. The fourth-order valence-electron chi connectivity index (χ4n) is 2.77. The molecule has 0 bridgehead atoms. The Bertz CT molecular complexity index is 489. The van der Waals surface area contributed by atoms with E-state index < -0.39 is 0 Å². The van der Waals surface area contributed by atoms with Gasteiger partial charge in [0.05, 0.1) is 0 Å². The Kier molecular flexibility index (Phi) is 8.49. The molecular formula is C18H29LiOP. The van der Waals surface area contributed by atoms with Crippen molar-refractivity contribution in [1.82, 2.24) is 0 Å². The van der Waals surface area contributed by atoms with Crippen LogP contribution in [-0.4, -0.2) is 30.5 Å². The van der Waals surface area contributed by atoms with E-state index in [1.807, 2.05) is 6.92 Å². The molecule has 0 fully saturated rings. The monoisotopic (exact) mass is 299 g/mol. The third kappa shape index (κ3) is 6.69. The quantitative estimate of drug-likeness (QED) is 0.544.